The van der Waals surface area contributed by atoms with Crippen molar-refractivity contribution in [3.05, 3.63) is 69.1 Å². The Morgan fingerprint density at radius 3 is 2.81 bits per heavy atom. The van der Waals surface area contributed by atoms with Crippen LogP contribution in [0.2, 0.25) is 0 Å². The number of carbonyl (C=O) groups is 2. The second kappa shape index (κ2) is 9.63. The minimum Gasteiger partial charge on any atom is -0.362 e. The lowest BCUT2D eigenvalue weighted by molar-refractivity contribution is -0.116. The molecule has 7 heteroatoms. The summed E-state index contributed by atoms with van der Waals surface area (Å²) < 4.78 is 14.9. The van der Waals surface area contributed by atoms with Crippen LogP contribution in [0.1, 0.15) is 56.4 Å². The summed E-state index contributed by atoms with van der Waals surface area (Å²) in [5, 5.41) is 6.20. The lowest BCUT2D eigenvalue weighted by Gasteiger charge is -2.34. The third-order valence-corrected chi connectivity index (χ3v) is 8.29. The maximum absolute atomic E-state index is 13.7. The molecule has 1 aromatic carbocycles. The van der Waals surface area contributed by atoms with Crippen LogP contribution >= 0.6 is 23.1 Å². The fourth-order valence-corrected chi connectivity index (χ4v) is 6.80. The van der Waals surface area contributed by atoms with Crippen molar-refractivity contribution in [2.45, 2.75) is 56.6 Å². The molecule has 2 N–H and O–H groups in total. The zero-order valence-corrected chi connectivity index (χ0v) is 20.1. The third-order valence-electron chi connectivity index (χ3n) is 5.81. The van der Waals surface area contributed by atoms with Crippen molar-refractivity contribution < 1.29 is 14.0 Å². The number of nitrogens with one attached hydrogen (secondary N) is 2. The van der Waals surface area contributed by atoms with Crippen molar-refractivity contribution in [2.75, 3.05) is 11.1 Å². The molecule has 2 heterocycles. The fourth-order valence-electron chi connectivity index (χ4n) is 4.42. The number of carbonyl (C=O) groups excluding carboxylic acids is 2. The molecule has 0 fully saturated rings. The van der Waals surface area contributed by atoms with E-state index in [-0.39, 0.29) is 11.7 Å². The molecule has 2 aromatic rings. The Morgan fingerprint density at radius 1 is 1.28 bits per heavy atom. The average molecular weight is 471 g/mol. The number of rotatable bonds is 6. The summed E-state index contributed by atoms with van der Waals surface area (Å²) in [6.07, 6.45) is 3.01. The van der Waals surface area contributed by atoms with E-state index < -0.39 is 11.7 Å². The first-order valence-electron chi connectivity index (χ1n) is 11.0. The van der Waals surface area contributed by atoms with Crippen LogP contribution in [0.3, 0.4) is 0 Å². The van der Waals surface area contributed by atoms with Gasteiger partial charge >= 0.3 is 0 Å². The first-order valence-corrected chi connectivity index (χ1v) is 12.8. The predicted octanol–water partition coefficient (Wildman–Crippen LogP) is 6.17. The molecular formula is C25H27FN2O2S2. The molecule has 1 aromatic heterocycles. The molecule has 0 radical (unpaired) electrons. The molecule has 1 amide bonds. The molecule has 0 bridgehead atoms. The molecule has 1 aliphatic heterocycles. The minimum absolute atomic E-state index is 0.101. The van der Waals surface area contributed by atoms with Gasteiger partial charge in [0.25, 0.3) is 5.91 Å². The van der Waals surface area contributed by atoms with Crippen LogP contribution in [-0.2, 0) is 16.0 Å². The summed E-state index contributed by atoms with van der Waals surface area (Å²) in [6, 6.07) is 8.03. The molecule has 1 atom stereocenters. The van der Waals surface area contributed by atoms with Crippen molar-refractivity contribution in [3.63, 3.8) is 0 Å². The zero-order chi connectivity index (χ0) is 22.8. The van der Waals surface area contributed by atoms with Gasteiger partial charge in [-0.15, -0.1) is 23.1 Å². The highest BCUT2D eigenvalue weighted by atomic mass is 32.2. The standard InChI is InChI=1S/C25H27FN2O2S2/c1-4-17-13-18(25(32-17)31-5-2)22-21(24(30)28-16-9-6-8-15(26)12-16)14(3)27-19-10-7-11-20(29)23(19)22/h6,8-9,12-13,22,27H,4-5,7,10-11H2,1-3H3,(H,28,30)/t22-/m0/s1. The Labute approximate surface area is 196 Å². The molecule has 0 unspecified atom stereocenters. The second-order valence-electron chi connectivity index (χ2n) is 7.97. The number of anilines is 1. The van der Waals surface area contributed by atoms with Gasteiger partial charge in [0.15, 0.2) is 5.78 Å². The number of ketones is 1. The molecule has 2 aliphatic rings. The van der Waals surface area contributed by atoms with Crippen molar-refractivity contribution >= 4 is 40.5 Å². The monoisotopic (exact) mass is 470 g/mol. The van der Waals surface area contributed by atoms with E-state index in [1.807, 2.05) is 6.92 Å². The molecule has 0 saturated carbocycles. The molecular weight excluding hydrogens is 443 g/mol. The Bertz CT molecular complexity index is 1130. The number of thiophene rings is 1. The number of benzene rings is 1. The second-order valence-corrected chi connectivity index (χ2v) is 10.6. The highest BCUT2D eigenvalue weighted by Crippen LogP contribution is 2.47. The van der Waals surface area contributed by atoms with Crippen LogP contribution in [-0.4, -0.2) is 17.4 Å². The van der Waals surface area contributed by atoms with Gasteiger partial charge in [0, 0.05) is 45.4 Å². The van der Waals surface area contributed by atoms with Gasteiger partial charge in [-0.05, 0) is 61.8 Å². The van der Waals surface area contributed by atoms with Crippen molar-refractivity contribution in [2.24, 2.45) is 0 Å². The molecule has 0 saturated heterocycles. The predicted molar refractivity (Wildman–Crippen MR) is 130 cm³/mol. The van der Waals surface area contributed by atoms with Crippen LogP contribution in [0.5, 0.6) is 0 Å². The minimum atomic E-state index is -0.418. The smallest absolute Gasteiger partial charge is 0.254 e. The summed E-state index contributed by atoms with van der Waals surface area (Å²) >= 11 is 3.50. The van der Waals surface area contributed by atoms with Gasteiger partial charge in [0.2, 0.25) is 0 Å². The van der Waals surface area contributed by atoms with E-state index in [1.165, 1.54) is 17.0 Å². The van der Waals surface area contributed by atoms with E-state index in [0.29, 0.717) is 23.3 Å². The van der Waals surface area contributed by atoms with Gasteiger partial charge in [-0.3, -0.25) is 9.59 Å². The quantitative estimate of drug-likeness (QED) is 0.496. The number of amides is 1. The first-order chi connectivity index (χ1) is 15.4. The number of aryl methyl sites for hydroxylation is 1. The zero-order valence-electron chi connectivity index (χ0n) is 18.5. The Morgan fingerprint density at radius 2 is 2.09 bits per heavy atom. The molecule has 4 nitrogen and oxygen atoms in total. The number of dihydropyridines is 1. The number of halogens is 1. The maximum Gasteiger partial charge on any atom is 0.254 e. The van der Waals surface area contributed by atoms with Crippen molar-refractivity contribution in [3.8, 4) is 0 Å². The lowest BCUT2D eigenvalue weighted by Crippen LogP contribution is -2.35. The van der Waals surface area contributed by atoms with E-state index in [2.05, 4.69) is 30.5 Å². The SMILES string of the molecule is CCSc1sc(CC)cc1[C@H]1C(C(=O)Nc2cccc(F)c2)=C(C)NC2=C1C(=O)CCC2. The lowest BCUT2D eigenvalue weighted by atomic mass is 9.75. The first kappa shape index (κ1) is 22.8. The molecule has 32 heavy (non-hydrogen) atoms. The van der Waals surface area contributed by atoms with Gasteiger partial charge in [-0.1, -0.05) is 19.9 Å². The van der Waals surface area contributed by atoms with Gasteiger partial charge in [0.05, 0.1) is 4.21 Å². The highest BCUT2D eigenvalue weighted by Gasteiger charge is 2.40. The third kappa shape index (κ3) is 4.41. The highest BCUT2D eigenvalue weighted by molar-refractivity contribution is 8.01. The molecule has 1 aliphatic carbocycles. The number of allylic oxidation sites excluding steroid dienone is 3. The number of hydrogen-bond acceptors (Lipinski definition) is 5. The van der Waals surface area contributed by atoms with Crippen LogP contribution in [0.25, 0.3) is 0 Å². The van der Waals surface area contributed by atoms with E-state index in [1.54, 1.807) is 35.2 Å². The number of Topliss-reactive ketones (excluding diaryl/α,β-unsaturated/α-hetero) is 1. The summed E-state index contributed by atoms with van der Waals surface area (Å²) in [7, 11) is 0. The van der Waals surface area contributed by atoms with Gasteiger partial charge in [-0.2, -0.15) is 0 Å². The van der Waals surface area contributed by atoms with Gasteiger partial charge in [0.1, 0.15) is 5.82 Å². The maximum atomic E-state index is 13.7. The fraction of sp³-hybridized carbons (Fsp3) is 0.360. The number of thioether (sulfide) groups is 1. The van der Waals surface area contributed by atoms with Gasteiger partial charge < -0.3 is 10.6 Å². The summed E-state index contributed by atoms with van der Waals surface area (Å²) in [4.78, 5) is 27.9. The molecule has 0 spiro atoms. The molecule has 168 valence electrons. The van der Waals surface area contributed by atoms with Crippen LogP contribution in [0.4, 0.5) is 10.1 Å². The Balaban J connectivity index is 1.83. The summed E-state index contributed by atoms with van der Waals surface area (Å²) in [5.41, 5.74) is 4.35. The average Bonchev–Trinajstić information content (AvgIpc) is 3.16. The van der Waals surface area contributed by atoms with Crippen LogP contribution < -0.4 is 10.6 Å². The summed E-state index contributed by atoms with van der Waals surface area (Å²) in [6.45, 7) is 6.11. The van der Waals surface area contributed by atoms with E-state index in [0.717, 1.165) is 46.2 Å². The van der Waals surface area contributed by atoms with Crippen LogP contribution in [0, 0.1) is 5.82 Å². The van der Waals surface area contributed by atoms with E-state index in [4.69, 9.17) is 0 Å². The Hall–Kier alpha value is -2.38. The topological polar surface area (TPSA) is 58.2 Å². The van der Waals surface area contributed by atoms with E-state index >= 15 is 0 Å². The largest absolute Gasteiger partial charge is 0.362 e. The summed E-state index contributed by atoms with van der Waals surface area (Å²) in [5.74, 6) is -0.129. The normalized spacial score (nSPS) is 18.5. The van der Waals surface area contributed by atoms with Crippen LogP contribution in [0.15, 0.2) is 57.1 Å². The number of hydrogen-bond donors (Lipinski definition) is 2. The Kier molecular flexibility index (Phi) is 6.86. The van der Waals surface area contributed by atoms with E-state index in [9.17, 15) is 14.0 Å². The van der Waals surface area contributed by atoms with Gasteiger partial charge in [-0.25, -0.2) is 4.39 Å². The van der Waals surface area contributed by atoms with Crippen molar-refractivity contribution in [1.82, 2.24) is 5.32 Å². The van der Waals surface area contributed by atoms with Crippen molar-refractivity contribution in [1.29, 1.82) is 0 Å². The molecule has 4 rings (SSSR count).